The van der Waals surface area contributed by atoms with E-state index in [0.29, 0.717) is 10.0 Å². The zero-order valence-electron chi connectivity index (χ0n) is 8.63. The fourth-order valence-electron chi connectivity index (χ4n) is 1.56. The van der Waals surface area contributed by atoms with Gasteiger partial charge < -0.3 is 10.4 Å². The average molecular weight is 248 g/mol. The van der Waals surface area contributed by atoms with Crippen LogP contribution in [0.2, 0.25) is 10.0 Å². The van der Waals surface area contributed by atoms with Gasteiger partial charge in [0.25, 0.3) is 0 Å². The molecular weight excluding hydrogens is 233 g/mol. The minimum atomic E-state index is 0.173. The smallest absolute Gasteiger partial charge is 0.0595 e. The summed E-state index contributed by atoms with van der Waals surface area (Å²) in [7, 11) is 1.89. The Morgan fingerprint density at radius 2 is 2.07 bits per heavy atom. The third-order valence-electron chi connectivity index (χ3n) is 2.34. The SMILES string of the molecule is CNCC(CCO)c1ccc(Cl)c(Cl)c1. The van der Waals surface area contributed by atoms with Crippen LogP contribution in [0.1, 0.15) is 17.9 Å². The zero-order valence-corrected chi connectivity index (χ0v) is 10.1. The van der Waals surface area contributed by atoms with Crippen LogP contribution in [0, 0.1) is 0 Å². The Balaban J connectivity index is 2.85. The first-order valence-corrected chi connectivity index (χ1v) is 5.65. The molecule has 0 amide bonds. The van der Waals surface area contributed by atoms with Gasteiger partial charge in [-0.15, -0.1) is 0 Å². The lowest BCUT2D eigenvalue weighted by Gasteiger charge is -2.16. The molecule has 4 heteroatoms. The summed E-state index contributed by atoms with van der Waals surface area (Å²) in [5, 5.41) is 13.2. The Labute approximate surface area is 100 Å². The van der Waals surface area contributed by atoms with Crippen molar-refractivity contribution in [2.75, 3.05) is 20.2 Å². The van der Waals surface area contributed by atoms with Crippen LogP contribution in [0.5, 0.6) is 0 Å². The van der Waals surface area contributed by atoms with Crippen LogP contribution in [-0.4, -0.2) is 25.3 Å². The van der Waals surface area contributed by atoms with E-state index < -0.39 is 0 Å². The van der Waals surface area contributed by atoms with E-state index in [1.165, 1.54) is 0 Å². The highest BCUT2D eigenvalue weighted by molar-refractivity contribution is 6.42. The van der Waals surface area contributed by atoms with Gasteiger partial charge in [-0.1, -0.05) is 29.3 Å². The number of hydrogen-bond donors (Lipinski definition) is 2. The maximum Gasteiger partial charge on any atom is 0.0595 e. The van der Waals surface area contributed by atoms with E-state index in [1.807, 2.05) is 19.2 Å². The van der Waals surface area contributed by atoms with E-state index >= 15 is 0 Å². The van der Waals surface area contributed by atoms with Gasteiger partial charge in [0.1, 0.15) is 0 Å². The second-order valence-electron chi connectivity index (χ2n) is 3.44. The van der Waals surface area contributed by atoms with Crippen LogP contribution in [0.4, 0.5) is 0 Å². The molecule has 0 radical (unpaired) electrons. The van der Waals surface area contributed by atoms with Gasteiger partial charge >= 0.3 is 0 Å². The molecule has 1 aromatic rings. The fourth-order valence-corrected chi connectivity index (χ4v) is 1.86. The zero-order chi connectivity index (χ0) is 11.3. The third-order valence-corrected chi connectivity index (χ3v) is 3.08. The van der Waals surface area contributed by atoms with Crippen LogP contribution < -0.4 is 5.32 Å². The highest BCUT2D eigenvalue weighted by Crippen LogP contribution is 2.27. The van der Waals surface area contributed by atoms with E-state index in [4.69, 9.17) is 28.3 Å². The molecule has 1 unspecified atom stereocenters. The first-order valence-electron chi connectivity index (χ1n) is 4.89. The van der Waals surface area contributed by atoms with Crippen molar-refractivity contribution in [1.82, 2.24) is 5.32 Å². The molecule has 1 rings (SSSR count). The highest BCUT2D eigenvalue weighted by atomic mass is 35.5. The van der Waals surface area contributed by atoms with Crippen LogP contribution in [-0.2, 0) is 0 Å². The summed E-state index contributed by atoms with van der Waals surface area (Å²) in [5.74, 6) is 0.273. The minimum absolute atomic E-state index is 0.173. The molecule has 15 heavy (non-hydrogen) atoms. The lowest BCUT2D eigenvalue weighted by Crippen LogP contribution is -2.18. The molecule has 0 bridgehead atoms. The lowest BCUT2D eigenvalue weighted by atomic mass is 9.96. The Morgan fingerprint density at radius 1 is 1.33 bits per heavy atom. The van der Waals surface area contributed by atoms with E-state index in [2.05, 4.69) is 5.32 Å². The Hall–Kier alpha value is -0.280. The van der Waals surface area contributed by atoms with E-state index in [-0.39, 0.29) is 12.5 Å². The molecule has 0 aliphatic heterocycles. The minimum Gasteiger partial charge on any atom is -0.396 e. The number of aliphatic hydroxyl groups excluding tert-OH is 1. The van der Waals surface area contributed by atoms with Gasteiger partial charge in [0, 0.05) is 13.2 Å². The van der Waals surface area contributed by atoms with Gasteiger partial charge in [-0.05, 0) is 37.1 Å². The van der Waals surface area contributed by atoms with Crippen molar-refractivity contribution >= 4 is 23.2 Å². The topological polar surface area (TPSA) is 32.3 Å². The number of hydrogen-bond acceptors (Lipinski definition) is 2. The Morgan fingerprint density at radius 3 is 2.60 bits per heavy atom. The van der Waals surface area contributed by atoms with Crippen LogP contribution in [0.15, 0.2) is 18.2 Å². The number of aliphatic hydroxyl groups is 1. The first kappa shape index (κ1) is 12.8. The number of nitrogens with one attached hydrogen (secondary N) is 1. The molecule has 0 fully saturated rings. The average Bonchev–Trinajstić information content (AvgIpc) is 2.22. The Kier molecular flexibility index (Phi) is 5.40. The summed E-state index contributed by atoms with van der Waals surface area (Å²) in [6, 6.07) is 5.60. The second-order valence-corrected chi connectivity index (χ2v) is 4.25. The lowest BCUT2D eigenvalue weighted by molar-refractivity contribution is 0.274. The second kappa shape index (κ2) is 6.33. The molecule has 0 aliphatic carbocycles. The largest absolute Gasteiger partial charge is 0.396 e. The Bertz CT molecular complexity index is 311. The number of rotatable bonds is 5. The summed E-state index contributed by atoms with van der Waals surface area (Å²) in [5.41, 5.74) is 1.10. The maximum atomic E-state index is 8.96. The van der Waals surface area contributed by atoms with Crippen molar-refractivity contribution < 1.29 is 5.11 Å². The quantitative estimate of drug-likeness (QED) is 0.839. The molecule has 0 aliphatic rings. The molecule has 0 spiro atoms. The molecule has 0 saturated carbocycles. The van der Waals surface area contributed by atoms with E-state index in [0.717, 1.165) is 18.5 Å². The van der Waals surface area contributed by atoms with Crippen molar-refractivity contribution in [2.24, 2.45) is 0 Å². The summed E-state index contributed by atoms with van der Waals surface area (Å²) in [6.07, 6.45) is 0.721. The van der Waals surface area contributed by atoms with Gasteiger partial charge in [-0.3, -0.25) is 0 Å². The molecular formula is C11H15Cl2NO. The van der Waals surface area contributed by atoms with E-state index in [1.54, 1.807) is 6.07 Å². The van der Waals surface area contributed by atoms with Crippen molar-refractivity contribution in [1.29, 1.82) is 0 Å². The molecule has 2 nitrogen and oxygen atoms in total. The van der Waals surface area contributed by atoms with Gasteiger partial charge in [-0.2, -0.15) is 0 Å². The normalized spacial score (nSPS) is 12.8. The van der Waals surface area contributed by atoms with Gasteiger partial charge in [0.05, 0.1) is 10.0 Å². The molecule has 2 N–H and O–H groups in total. The third kappa shape index (κ3) is 3.65. The maximum absolute atomic E-state index is 8.96. The molecule has 0 heterocycles. The highest BCUT2D eigenvalue weighted by Gasteiger charge is 2.11. The summed E-state index contributed by atoms with van der Waals surface area (Å²) in [4.78, 5) is 0. The molecule has 0 aromatic heterocycles. The molecule has 84 valence electrons. The van der Waals surface area contributed by atoms with E-state index in [9.17, 15) is 0 Å². The fraction of sp³-hybridized carbons (Fsp3) is 0.455. The summed E-state index contributed by atoms with van der Waals surface area (Å²) in [6.45, 7) is 0.991. The predicted octanol–water partition coefficient (Wildman–Crippen LogP) is 2.68. The van der Waals surface area contributed by atoms with Crippen LogP contribution >= 0.6 is 23.2 Å². The van der Waals surface area contributed by atoms with Crippen molar-refractivity contribution in [2.45, 2.75) is 12.3 Å². The standard InChI is InChI=1S/C11H15Cl2NO/c1-14-7-9(4-5-15)8-2-3-10(12)11(13)6-8/h2-3,6,9,14-15H,4-5,7H2,1H3. The van der Waals surface area contributed by atoms with Gasteiger partial charge in [-0.25, -0.2) is 0 Å². The van der Waals surface area contributed by atoms with Crippen molar-refractivity contribution in [3.05, 3.63) is 33.8 Å². The van der Waals surface area contributed by atoms with Crippen LogP contribution in [0.25, 0.3) is 0 Å². The van der Waals surface area contributed by atoms with Crippen molar-refractivity contribution in [3.8, 4) is 0 Å². The molecule has 0 saturated heterocycles. The number of benzene rings is 1. The van der Waals surface area contributed by atoms with Crippen LogP contribution in [0.3, 0.4) is 0 Å². The molecule has 1 atom stereocenters. The number of likely N-dealkylation sites (N-methyl/N-ethyl adjacent to an activating group) is 1. The summed E-state index contributed by atoms with van der Waals surface area (Å²) >= 11 is 11.8. The number of halogens is 2. The van der Waals surface area contributed by atoms with Crippen molar-refractivity contribution in [3.63, 3.8) is 0 Å². The monoisotopic (exact) mass is 247 g/mol. The first-order chi connectivity index (χ1) is 7.19. The summed E-state index contributed by atoms with van der Waals surface area (Å²) < 4.78 is 0. The van der Waals surface area contributed by atoms with Gasteiger partial charge in [0.2, 0.25) is 0 Å². The molecule has 1 aromatic carbocycles. The predicted molar refractivity (Wildman–Crippen MR) is 64.8 cm³/mol. The van der Waals surface area contributed by atoms with Gasteiger partial charge in [0.15, 0.2) is 0 Å².